The van der Waals surface area contributed by atoms with E-state index in [-0.39, 0.29) is 6.10 Å². The smallest absolute Gasteiger partial charge is 0.0802 e. The van der Waals surface area contributed by atoms with Crippen LogP contribution in [0.25, 0.3) is 6.08 Å². The van der Waals surface area contributed by atoms with Crippen molar-refractivity contribution < 1.29 is 4.74 Å². The Labute approximate surface area is 80.0 Å². The Bertz CT molecular complexity index is 278. The topological polar surface area (TPSA) is 9.23 Å². The molecule has 1 aromatic rings. The van der Waals surface area contributed by atoms with Gasteiger partial charge in [0.1, 0.15) is 0 Å². The summed E-state index contributed by atoms with van der Waals surface area (Å²) in [4.78, 5) is 0. The van der Waals surface area contributed by atoms with Gasteiger partial charge in [-0.25, -0.2) is 0 Å². The van der Waals surface area contributed by atoms with E-state index in [4.69, 9.17) is 4.74 Å². The second-order valence-corrected chi connectivity index (χ2v) is 2.93. The van der Waals surface area contributed by atoms with Crippen LogP contribution in [0, 0.1) is 0 Å². The Morgan fingerprint density at radius 3 is 2.77 bits per heavy atom. The molecule has 0 aliphatic heterocycles. The van der Waals surface area contributed by atoms with E-state index in [0.29, 0.717) is 0 Å². The van der Waals surface area contributed by atoms with Gasteiger partial charge in [-0.15, -0.1) is 0 Å². The van der Waals surface area contributed by atoms with Gasteiger partial charge in [0.15, 0.2) is 0 Å². The highest BCUT2D eigenvalue weighted by Gasteiger charge is 2.06. The second kappa shape index (κ2) is 4.83. The molecule has 0 N–H and O–H groups in total. The molecule has 0 aromatic heterocycles. The summed E-state index contributed by atoms with van der Waals surface area (Å²) in [5.74, 6) is 0. The van der Waals surface area contributed by atoms with E-state index in [0.717, 1.165) is 12.2 Å². The molecule has 0 bridgehead atoms. The van der Waals surface area contributed by atoms with E-state index < -0.39 is 0 Å². The zero-order valence-corrected chi connectivity index (χ0v) is 8.29. The first-order chi connectivity index (χ1) is 6.29. The minimum Gasteiger partial charge on any atom is -0.374 e. The van der Waals surface area contributed by atoms with Gasteiger partial charge in [0.2, 0.25) is 0 Å². The molecule has 0 fully saturated rings. The molecule has 13 heavy (non-hydrogen) atoms. The van der Waals surface area contributed by atoms with Gasteiger partial charge in [-0.05, 0) is 25.0 Å². The minimum absolute atomic E-state index is 0.152. The van der Waals surface area contributed by atoms with Gasteiger partial charge in [-0.2, -0.15) is 0 Å². The molecule has 1 nitrogen and oxygen atoms in total. The Kier molecular flexibility index (Phi) is 3.71. The van der Waals surface area contributed by atoms with Gasteiger partial charge in [0.05, 0.1) is 6.10 Å². The fourth-order valence-corrected chi connectivity index (χ4v) is 1.41. The van der Waals surface area contributed by atoms with Crippen LogP contribution in [0.1, 0.15) is 31.1 Å². The highest BCUT2D eigenvalue weighted by Crippen LogP contribution is 2.21. The summed E-state index contributed by atoms with van der Waals surface area (Å²) in [7, 11) is 0. The van der Waals surface area contributed by atoms with Crippen LogP contribution >= 0.6 is 0 Å². The van der Waals surface area contributed by atoms with Gasteiger partial charge in [-0.1, -0.05) is 36.9 Å². The minimum atomic E-state index is 0.152. The molecule has 0 radical (unpaired) electrons. The van der Waals surface area contributed by atoms with Gasteiger partial charge < -0.3 is 4.74 Å². The van der Waals surface area contributed by atoms with Crippen LogP contribution in [0.5, 0.6) is 0 Å². The average molecular weight is 176 g/mol. The number of hydrogen-bond donors (Lipinski definition) is 0. The summed E-state index contributed by atoms with van der Waals surface area (Å²) in [6.07, 6.45) is 2.02. The molecule has 1 heteroatoms. The first-order valence-electron chi connectivity index (χ1n) is 4.62. The van der Waals surface area contributed by atoms with Gasteiger partial charge >= 0.3 is 0 Å². The molecule has 0 saturated carbocycles. The van der Waals surface area contributed by atoms with Crippen LogP contribution in [0.4, 0.5) is 0 Å². The number of ether oxygens (including phenoxy) is 1. The maximum Gasteiger partial charge on any atom is 0.0802 e. The molecule has 0 aliphatic carbocycles. The molecule has 0 aliphatic rings. The lowest BCUT2D eigenvalue weighted by Gasteiger charge is -2.14. The molecule has 70 valence electrons. The molecule has 0 spiro atoms. The van der Waals surface area contributed by atoms with Gasteiger partial charge in [0, 0.05) is 6.61 Å². The molecule has 1 unspecified atom stereocenters. The van der Waals surface area contributed by atoms with Crippen LogP contribution in [0.2, 0.25) is 0 Å². The lowest BCUT2D eigenvalue weighted by Crippen LogP contribution is -2.01. The standard InChI is InChI=1S/C12H16O/c1-4-11-8-6-7-9-12(11)10(3)13-5-2/h4,6-10H,1,5H2,2-3H3. The third-order valence-electron chi connectivity index (χ3n) is 2.07. The average Bonchev–Trinajstić information content (AvgIpc) is 2.18. The van der Waals surface area contributed by atoms with Crippen molar-refractivity contribution in [3.05, 3.63) is 42.0 Å². The van der Waals surface area contributed by atoms with Gasteiger partial charge in [-0.3, -0.25) is 0 Å². The zero-order valence-electron chi connectivity index (χ0n) is 8.29. The third kappa shape index (κ3) is 2.43. The summed E-state index contributed by atoms with van der Waals surface area (Å²) < 4.78 is 5.52. The molecule has 1 aromatic carbocycles. The van der Waals surface area contributed by atoms with E-state index in [2.05, 4.69) is 25.6 Å². The lowest BCUT2D eigenvalue weighted by molar-refractivity contribution is 0.0763. The summed E-state index contributed by atoms with van der Waals surface area (Å²) >= 11 is 0. The predicted molar refractivity (Wildman–Crippen MR) is 56.6 cm³/mol. The largest absolute Gasteiger partial charge is 0.374 e. The number of hydrogen-bond acceptors (Lipinski definition) is 1. The summed E-state index contributed by atoms with van der Waals surface area (Å²) in [6, 6.07) is 8.17. The van der Waals surface area contributed by atoms with Crippen molar-refractivity contribution in [3.63, 3.8) is 0 Å². The van der Waals surface area contributed by atoms with Crippen LogP contribution in [-0.4, -0.2) is 6.61 Å². The van der Waals surface area contributed by atoms with Crippen molar-refractivity contribution in [1.29, 1.82) is 0 Å². The van der Waals surface area contributed by atoms with E-state index in [1.807, 2.05) is 25.1 Å². The summed E-state index contributed by atoms with van der Waals surface area (Å²) in [6.45, 7) is 8.59. The molecular weight excluding hydrogens is 160 g/mol. The highest BCUT2D eigenvalue weighted by molar-refractivity contribution is 5.52. The van der Waals surface area contributed by atoms with E-state index >= 15 is 0 Å². The summed E-state index contributed by atoms with van der Waals surface area (Å²) in [5, 5.41) is 0. The Morgan fingerprint density at radius 1 is 1.46 bits per heavy atom. The molecule has 0 heterocycles. The van der Waals surface area contributed by atoms with Crippen molar-refractivity contribution >= 4 is 6.08 Å². The summed E-state index contributed by atoms with van der Waals surface area (Å²) in [5.41, 5.74) is 2.36. The fourth-order valence-electron chi connectivity index (χ4n) is 1.41. The Hall–Kier alpha value is -1.08. The fraction of sp³-hybridized carbons (Fsp3) is 0.333. The van der Waals surface area contributed by atoms with Crippen molar-refractivity contribution in [3.8, 4) is 0 Å². The number of rotatable bonds is 4. The van der Waals surface area contributed by atoms with Crippen LogP contribution in [0.15, 0.2) is 30.8 Å². The lowest BCUT2D eigenvalue weighted by atomic mass is 10.0. The van der Waals surface area contributed by atoms with Crippen molar-refractivity contribution in [1.82, 2.24) is 0 Å². The van der Waals surface area contributed by atoms with Crippen LogP contribution < -0.4 is 0 Å². The van der Waals surface area contributed by atoms with Crippen LogP contribution in [0.3, 0.4) is 0 Å². The zero-order chi connectivity index (χ0) is 9.68. The monoisotopic (exact) mass is 176 g/mol. The highest BCUT2D eigenvalue weighted by atomic mass is 16.5. The van der Waals surface area contributed by atoms with Crippen LogP contribution in [-0.2, 0) is 4.74 Å². The van der Waals surface area contributed by atoms with Crippen molar-refractivity contribution in [2.75, 3.05) is 6.61 Å². The Morgan fingerprint density at radius 2 is 2.15 bits per heavy atom. The normalized spacial score (nSPS) is 12.5. The Balaban J connectivity index is 2.91. The van der Waals surface area contributed by atoms with Crippen molar-refractivity contribution in [2.45, 2.75) is 20.0 Å². The SMILES string of the molecule is C=Cc1ccccc1C(C)OCC. The molecule has 0 saturated heterocycles. The molecule has 1 atom stereocenters. The van der Waals surface area contributed by atoms with E-state index in [1.165, 1.54) is 5.56 Å². The van der Waals surface area contributed by atoms with Crippen molar-refractivity contribution in [2.24, 2.45) is 0 Å². The maximum absolute atomic E-state index is 5.52. The number of benzene rings is 1. The molecular formula is C12H16O. The maximum atomic E-state index is 5.52. The molecule has 1 rings (SSSR count). The van der Waals surface area contributed by atoms with E-state index in [9.17, 15) is 0 Å². The van der Waals surface area contributed by atoms with E-state index in [1.54, 1.807) is 0 Å². The second-order valence-electron chi connectivity index (χ2n) is 2.93. The third-order valence-corrected chi connectivity index (χ3v) is 2.07. The quantitative estimate of drug-likeness (QED) is 0.683. The molecule has 0 amide bonds. The first-order valence-corrected chi connectivity index (χ1v) is 4.62. The predicted octanol–water partition coefficient (Wildman–Crippen LogP) is 3.43. The van der Waals surface area contributed by atoms with Gasteiger partial charge in [0.25, 0.3) is 0 Å². The first kappa shape index (κ1) is 10.0.